The van der Waals surface area contributed by atoms with Crippen LogP contribution in [-0.2, 0) is 4.74 Å². The molecule has 4 rings (SSSR count). The van der Waals surface area contributed by atoms with Crippen LogP contribution in [0.25, 0.3) is 16.9 Å². The van der Waals surface area contributed by atoms with Gasteiger partial charge in [0.25, 0.3) is 5.91 Å². The van der Waals surface area contributed by atoms with Gasteiger partial charge in [0.05, 0.1) is 37.3 Å². The third kappa shape index (κ3) is 3.29. The molecule has 1 amide bonds. The van der Waals surface area contributed by atoms with Crippen molar-refractivity contribution in [3.63, 3.8) is 0 Å². The van der Waals surface area contributed by atoms with E-state index in [9.17, 15) is 4.79 Å². The number of nitrogens with zero attached hydrogens (tertiary/aromatic N) is 2. The summed E-state index contributed by atoms with van der Waals surface area (Å²) >= 11 is 0. The summed E-state index contributed by atoms with van der Waals surface area (Å²) in [5.41, 5.74) is 4.56. The standard InChI is InChI=1S/C23H24N2O3/c1-17-19(23(26)24-12-14-28-15-13-24)16-21(18-8-4-3-5-9-18)25(17)20-10-6-7-11-22(20)27-2/h3-11,16H,12-15H2,1-2H3. The van der Waals surface area contributed by atoms with Gasteiger partial charge in [-0.2, -0.15) is 0 Å². The number of morpholine rings is 1. The van der Waals surface area contributed by atoms with Crippen LogP contribution in [0, 0.1) is 6.92 Å². The van der Waals surface area contributed by atoms with E-state index in [1.54, 1.807) is 7.11 Å². The van der Waals surface area contributed by atoms with E-state index in [1.807, 2.05) is 60.4 Å². The van der Waals surface area contributed by atoms with Crippen LogP contribution in [0.3, 0.4) is 0 Å². The highest BCUT2D eigenvalue weighted by Gasteiger charge is 2.25. The van der Waals surface area contributed by atoms with E-state index in [1.165, 1.54) is 0 Å². The molecule has 1 aliphatic rings. The molecule has 0 aliphatic carbocycles. The molecule has 0 unspecified atom stereocenters. The molecule has 1 fully saturated rings. The largest absolute Gasteiger partial charge is 0.495 e. The molecule has 2 heterocycles. The van der Waals surface area contributed by atoms with Crippen molar-refractivity contribution in [1.29, 1.82) is 0 Å². The Hall–Kier alpha value is -3.05. The third-order valence-electron chi connectivity index (χ3n) is 5.17. The Balaban J connectivity index is 1.88. The molecule has 144 valence electrons. The van der Waals surface area contributed by atoms with Crippen molar-refractivity contribution in [2.24, 2.45) is 0 Å². The summed E-state index contributed by atoms with van der Waals surface area (Å²) in [5, 5.41) is 0. The van der Waals surface area contributed by atoms with Gasteiger partial charge in [-0.05, 0) is 30.7 Å². The number of hydrogen-bond acceptors (Lipinski definition) is 3. The van der Waals surface area contributed by atoms with Gasteiger partial charge in [-0.1, -0.05) is 42.5 Å². The second kappa shape index (κ2) is 7.90. The summed E-state index contributed by atoms with van der Waals surface area (Å²) in [6, 6.07) is 20.0. The third-order valence-corrected chi connectivity index (χ3v) is 5.17. The number of hydrogen-bond donors (Lipinski definition) is 0. The van der Waals surface area contributed by atoms with Crippen molar-refractivity contribution in [2.75, 3.05) is 33.4 Å². The number of carbonyl (C=O) groups is 1. The van der Waals surface area contributed by atoms with E-state index in [2.05, 4.69) is 16.7 Å². The van der Waals surface area contributed by atoms with Crippen molar-refractivity contribution >= 4 is 5.91 Å². The molecule has 2 aromatic carbocycles. The minimum atomic E-state index is 0.0478. The Labute approximate surface area is 165 Å². The molecule has 0 N–H and O–H groups in total. The Morgan fingerprint density at radius 3 is 2.39 bits per heavy atom. The van der Waals surface area contributed by atoms with E-state index in [0.717, 1.165) is 28.4 Å². The lowest BCUT2D eigenvalue weighted by Crippen LogP contribution is -2.40. The van der Waals surface area contributed by atoms with Gasteiger partial charge >= 0.3 is 0 Å². The Bertz CT molecular complexity index is 973. The number of methoxy groups -OCH3 is 1. The van der Waals surface area contributed by atoms with Crippen LogP contribution in [0.4, 0.5) is 0 Å². The average molecular weight is 376 g/mol. The molecule has 5 heteroatoms. The molecular formula is C23H24N2O3. The zero-order chi connectivity index (χ0) is 19.5. The fourth-order valence-electron chi connectivity index (χ4n) is 3.71. The van der Waals surface area contributed by atoms with Gasteiger partial charge in [0, 0.05) is 18.8 Å². The first kappa shape index (κ1) is 18.3. The number of rotatable bonds is 4. The van der Waals surface area contributed by atoms with E-state index in [0.29, 0.717) is 31.9 Å². The monoisotopic (exact) mass is 376 g/mol. The van der Waals surface area contributed by atoms with Crippen LogP contribution in [0.15, 0.2) is 60.7 Å². The predicted octanol–water partition coefficient (Wildman–Crippen LogP) is 3.93. The molecular weight excluding hydrogens is 352 g/mol. The Kier molecular flexibility index (Phi) is 5.17. The van der Waals surface area contributed by atoms with Crippen molar-refractivity contribution < 1.29 is 14.3 Å². The van der Waals surface area contributed by atoms with Gasteiger partial charge in [-0.15, -0.1) is 0 Å². The number of ether oxygens (including phenoxy) is 2. The van der Waals surface area contributed by atoms with Crippen molar-refractivity contribution in [3.8, 4) is 22.7 Å². The summed E-state index contributed by atoms with van der Waals surface area (Å²) in [5.74, 6) is 0.815. The minimum Gasteiger partial charge on any atom is -0.495 e. The average Bonchev–Trinajstić information content (AvgIpc) is 3.11. The van der Waals surface area contributed by atoms with Crippen LogP contribution in [-0.4, -0.2) is 48.8 Å². The lowest BCUT2D eigenvalue weighted by atomic mass is 10.1. The zero-order valence-corrected chi connectivity index (χ0v) is 16.2. The summed E-state index contributed by atoms with van der Waals surface area (Å²) in [7, 11) is 1.67. The highest BCUT2D eigenvalue weighted by atomic mass is 16.5. The second-order valence-corrected chi connectivity index (χ2v) is 6.81. The quantitative estimate of drug-likeness (QED) is 0.693. The van der Waals surface area contributed by atoms with Crippen LogP contribution in [0.5, 0.6) is 5.75 Å². The van der Waals surface area contributed by atoms with Gasteiger partial charge in [0.15, 0.2) is 0 Å². The molecule has 0 bridgehead atoms. The topological polar surface area (TPSA) is 43.7 Å². The first-order valence-electron chi connectivity index (χ1n) is 9.49. The molecule has 28 heavy (non-hydrogen) atoms. The lowest BCUT2D eigenvalue weighted by Gasteiger charge is -2.26. The van der Waals surface area contributed by atoms with Gasteiger partial charge in [-0.3, -0.25) is 4.79 Å². The summed E-state index contributed by atoms with van der Waals surface area (Å²) in [4.78, 5) is 15.1. The minimum absolute atomic E-state index is 0.0478. The van der Waals surface area contributed by atoms with Gasteiger partial charge < -0.3 is 18.9 Å². The number of carbonyl (C=O) groups excluding carboxylic acids is 1. The SMILES string of the molecule is COc1ccccc1-n1c(-c2ccccc2)cc(C(=O)N2CCOCC2)c1C. The van der Waals surface area contributed by atoms with E-state index < -0.39 is 0 Å². The van der Waals surface area contributed by atoms with E-state index in [4.69, 9.17) is 9.47 Å². The van der Waals surface area contributed by atoms with Crippen LogP contribution >= 0.6 is 0 Å². The highest BCUT2D eigenvalue weighted by Crippen LogP contribution is 2.34. The maximum atomic E-state index is 13.2. The summed E-state index contributed by atoms with van der Waals surface area (Å²) in [6.45, 7) is 4.41. The van der Waals surface area contributed by atoms with Crippen LogP contribution < -0.4 is 4.74 Å². The molecule has 1 aliphatic heterocycles. The molecule has 0 spiro atoms. The van der Waals surface area contributed by atoms with E-state index in [-0.39, 0.29) is 5.91 Å². The molecule has 1 saturated heterocycles. The van der Waals surface area contributed by atoms with Gasteiger partial charge in [0.1, 0.15) is 5.75 Å². The fourth-order valence-corrected chi connectivity index (χ4v) is 3.71. The number of amides is 1. The molecule has 0 saturated carbocycles. The smallest absolute Gasteiger partial charge is 0.255 e. The Morgan fingerprint density at radius 1 is 1.00 bits per heavy atom. The molecule has 5 nitrogen and oxygen atoms in total. The molecule has 1 aromatic heterocycles. The second-order valence-electron chi connectivity index (χ2n) is 6.81. The first-order chi connectivity index (χ1) is 13.7. The highest BCUT2D eigenvalue weighted by molar-refractivity contribution is 5.97. The number of aromatic nitrogens is 1. The fraction of sp³-hybridized carbons (Fsp3) is 0.261. The number of benzene rings is 2. The molecule has 0 atom stereocenters. The number of para-hydroxylation sites is 2. The Morgan fingerprint density at radius 2 is 1.68 bits per heavy atom. The van der Waals surface area contributed by atoms with Crippen LogP contribution in [0.2, 0.25) is 0 Å². The lowest BCUT2D eigenvalue weighted by molar-refractivity contribution is 0.0302. The van der Waals surface area contributed by atoms with E-state index >= 15 is 0 Å². The normalized spacial score (nSPS) is 14.1. The van der Waals surface area contributed by atoms with Crippen molar-refractivity contribution in [1.82, 2.24) is 9.47 Å². The summed E-state index contributed by atoms with van der Waals surface area (Å²) in [6.07, 6.45) is 0. The molecule has 3 aromatic rings. The zero-order valence-electron chi connectivity index (χ0n) is 16.2. The first-order valence-corrected chi connectivity index (χ1v) is 9.49. The molecule has 0 radical (unpaired) electrons. The van der Waals surface area contributed by atoms with Crippen molar-refractivity contribution in [2.45, 2.75) is 6.92 Å². The van der Waals surface area contributed by atoms with Crippen molar-refractivity contribution in [3.05, 3.63) is 71.9 Å². The van der Waals surface area contributed by atoms with Gasteiger partial charge in [-0.25, -0.2) is 0 Å². The maximum absolute atomic E-state index is 13.2. The van der Waals surface area contributed by atoms with Gasteiger partial charge in [0.2, 0.25) is 0 Å². The maximum Gasteiger partial charge on any atom is 0.255 e. The van der Waals surface area contributed by atoms with Crippen LogP contribution in [0.1, 0.15) is 16.1 Å². The summed E-state index contributed by atoms with van der Waals surface area (Å²) < 4.78 is 13.1. The predicted molar refractivity (Wildman–Crippen MR) is 109 cm³/mol.